The maximum absolute atomic E-state index is 12.7. The summed E-state index contributed by atoms with van der Waals surface area (Å²) in [7, 11) is 0. The first kappa shape index (κ1) is 22.3. The third kappa shape index (κ3) is 4.98. The summed E-state index contributed by atoms with van der Waals surface area (Å²) < 4.78 is 16.7. The largest absolute Gasteiger partial charge is 0.494 e. The molecule has 1 heterocycles. The zero-order valence-corrected chi connectivity index (χ0v) is 19.2. The fourth-order valence-corrected chi connectivity index (χ4v) is 3.48. The van der Waals surface area contributed by atoms with Gasteiger partial charge >= 0.3 is 5.97 Å². The first-order valence-electron chi connectivity index (χ1n) is 10.9. The number of hydrogen-bond donors (Lipinski definition) is 0. The fourth-order valence-electron chi connectivity index (χ4n) is 3.48. The number of benzene rings is 3. The molecule has 0 aromatic heterocycles. The summed E-state index contributed by atoms with van der Waals surface area (Å²) in [5, 5.41) is 0. The molecule has 33 heavy (non-hydrogen) atoms. The molecule has 0 radical (unpaired) electrons. The second kappa shape index (κ2) is 8.94. The Balaban J connectivity index is 1.48. The summed E-state index contributed by atoms with van der Waals surface area (Å²) in [5.41, 5.74) is 2.84. The lowest BCUT2D eigenvalue weighted by Gasteiger charge is -2.18. The van der Waals surface area contributed by atoms with E-state index >= 15 is 0 Å². The molecule has 0 atom stereocenters. The van der Waals surface area contributed by atoms with E-state index in [4.69, 9.17) is 14.2 Å². The van der Waals surface area contributed by atoms with Crippen molar-refractivity contribution in [3.63, 3.8) is 0 Å². The number of ether oxygens (including phenoxy) is 3. The molecular weight excluding hydrogens is 416 g/mol. The highest BCUT2D eigenvalue weighted by Gasteiger charge is 2.28. The molecule has 5 heteroatoms. The number of hydrogen-bond acceptors (Lipinski definition) is 5. The van der Waals surface area contributed by atoms with Crippen molar-refractivity contribution in [2.75, 3.05) is 6.61 Å². The Morgan fingerprint density at radius 1 is 0.939 bits per heavy atom. The van der Waals surface area contributed by atoms with Gasteiger partial charge in [-0.05, 0) is 65.9 Å². The van der Waals surface area contributed by atoms with Gasteiger partial charge in [0, 0.05) is 6.07 Å². The van der Waals surface area contributed by atoms with E-state index in [1.807, 2.05) is 43.3 Å². The van der Waals surface area contributed by atoms with E-state index in [-0.39, 0.29) is 17.0 Å². The molecule has 0 aliphatic carbocycles. The lowest BCUT2D eigenvalue weighted by Crippen LogP contribution is -2.12. The number of carbonyl (C=O) groups excluding carboxylic acids is 2. The Labute approximate surface area is 193 Å². The third-order valence-electron chi connectivity index (χ3n) is 5.33. The summed E-state index contributed by atoms with van der Waals surface area (Å²) >= 11 is 0. The Morgan fingerprint density at radius 2 is 1.61 bits per heavy atom. The fraction of sp³-hybridized carbons (Fsp3) is 0.214. The normalized spacial score (nSPS) is 14.1. The maximum Gasteiger partial charge on any atom is 0.343 e. The van der Waals surface area contributed by atoms with E-state index in [0.717, 1.165) is 16.9 Å². The second-order valence-corrected chi connectivity index (χ2v) is 8.82. The highest BCUT2D eigenvalue weighted by Crippen LogP contribution is 2.35. The average molecular weight is 443 g/mol. The van der Waals surface area contributed by atoms with Crippen molar-refractivity contribution < 1.29 is 23.8 Å². The number of rotatable bonds is 5. The van der Waals surface area contributed by atoms with Crippen molar-refractivity contribution in [2.45, 2.75) is 33.1 Å². The predicted molar refractivity (Wildman–Crippen MR) is 127 cm³/mol. The second-order valence-electron chi connectivity index (χ2n) is 8.82. The van der Waals surface area contributed by atoms with Crippen molar-refractivity contribution in [1.29, 1.82) is 0 Å². The SMILES string of the molecule is CCOc1ccc(/C=C2\Oc3cc(OC(=O)c4ccc(C(C)(C)C)cc4)ccc3C2=O)cc1. The van der Waals surface area contributed by atoms with Crippen molar-refractivity contribution in [3.05, 3.63) is 94.7 Å². The van der Waals surface area contributed by atoms with Crippen LogP contribution < -0.4 is 14.2 Å². The summed E-state index contributed by atoms with van der Waals surface area (Å²) in [6.07, 6.45) is 1.68. The molecule has 0 fully saturated rings. The van der Waals surface area contributed by atoms with E-state index < -0.39 is 5.97 Å². The van der Waals surface area contributed by atoms with Gasteiger partial charge in [0.2, 0.25) is 5.78 Å². The van der Waals surface area contributed by atoms with Crippen LogP contribution in [0.25, 0.3) is 6.08 Å². The highest BCUT2D eigenvalue weighted by molar-refractivity contribution is 6.14. The summed E-state index contributed by atoms with van der Waals surface area (Å²) in [5.74, 6) is 0.982. The third-order valence-corrected chi connectivity index (χ3v) is 5.33. The standard InChI is InChI=1S/C28H26O5/c1-5-31-21-12-6-18(7-13-21)16-25-26(29)23-15-14-22(17-24(23)33-25)32-27(30)19-8-10-20(11-9-19)28(2,3)4/h6-17H,5H2,1-4H3/b25-16-. The van der Waals surface area contributed by atoms with Gasteiger partial charge in [0.15, 0.2) is 5.76 Å². The summed E-state index contributed by atoms with van der Waals surface area (Å²) in [4.78, 5) is 25.3. The molecule has 1 aliphatic heterocycles. The van der Waals surface area contributed by atoms with Crippen molar-refractivity contribution >= 4 is 17.8 Å². The number of carbonyl (C=O) groups is 2. The van der Waals surface area contributed by atoms with Crippen molar-refractivity contribution in [1.82, 2.24) is 0 Å². The summed E-state index contributed by atoms with van der Waals surface area (Å²) in [6.45, 7) is 8.86. The quantitative estimate of drug-likeness (QED) is 0.267. The minimum absolute atomic E-state index is 0.00282. The van der Waals surface area contributed by atoms with Gasteiger partial charge in [-0.3, -0.25) is 4.79 Å². The lowest BCUT2D eigenvalue weighted by molar-refractivity contribution is 0.0734. The monoisotopic (exact) mass is 442 g/mol. The molecule has 3 aromatic rings. The van der Waals surface area contributed by atoms with Gasteiger partial charge in [-0.2, -0.15) is 0 Å². The van der Waals surface area contributed by atoms with Gasteiger partial charge in [0.1, 0.15) is 17.2 Å². The number of ketones is 1. The van der Waals surface area contributed by atoms with Crippen LogP contribution in [0.5, 0.6) is 17.2 Å². The van der Waals surface area contributed by atoms with Crippen LogP contribution in [0.4, 0.5) is 0 Å². The Bertz CT molecular complexity index is 1210. The Kier molecular flexibility index (Phi) is 6.05. The first-order chi connectivity index (χ1) is 15.7. The number of Topliss-reactive ketones (excluding diaryl/α,β-unsaturated/α-hetero) is 1. The van der Waals surface area contributed by atoms with Gasteiger partial charge in [0.25, 0.3) is 0 Å². The molecule has 0 unspecified atom stereocenters. The summed E-state index contributed by atoms with van der Waals surface area (Å²) in [6, 6.07) is 19.5. The minimum atomic E-state index is -0.468. The molecule has 0 spiro atoms. The van der Waals surface area contributed by atoms with Crippen LogP contribution in [0.15, 0.2) is 72.5 Å². The zero-order chi connectivity index (χ0) is 23.6. The molecule has 4 rings (SSSR count). The molecule has 0 bridgehead atoms. The molecule has 0 saturated carbocycles. The zero-order valence-electron chi connectivity index (χ0n) is 19.2. The van der Waals surface area contributed by atoms with Gasteiger partial charge in [-0.1, -0.05) is 45.0 Å². The smallest absolute Gasteiger partial charge is 0.343 e. The van der Waals surface area contributed by atoms with E-state index in [2.05, 4.69) is 20.8 Å². The topological polar surface area (TPSA) is 61.8 Å². The van der Waals surface area contributed by atoms with Crippen LogP contribution in [0.1, 0.15) is 59.5 Å². The predicted octanol–water partition coefficient (Wildman–Crippen LogP) is 6.22. The van der Waals surface area contributed by atoms with Crippen LogP contribution in [0.3, 0.4) is 0 Å². The van der Waals surface area contributed by atoms with Crippen LogP contribution in [0.2, 0.25) is 0 Å². The van der Waals surface area contributed by atoms with Crippen LogP contribution >= 0.6 is 0 Å². The molecular formula is C28H26O5. The van der Waals surface area contributed by atoms with Gasteiger partial charge in [0.05, 0.1) is 17.7 Å². The Hall–Kier alpha value is -3.86. The maximum atomic E-state index is 12.7. The van der Waals surface area contributed by atoms with E-state index in [1.165, 1.54) is 0 Å². The van der Waals surface area contributed by atoms with Gasteiger partial charge < -0.3 is 14.2 Å². The number of esters is 1. The molecule has 0 amide bonds. The van der Waals surface area contributed by atoms with Crippen LogP contribution in [-0.4, -0.2) is 18.4 Å². The van der Waals surface area contributed by atoms with Gasteiger partial charge in [-0.15, -0.1) is 0 Å². The van der Waals surface area contributed by atoms with Gasteiger partial charge in [-0.25, -0.2) is 4.79 Å². The number of fused-ring (bicyclic) bond motifs is 1. The molecule has 5 nitrogen and oxygen atoms in total. The molecule has 3 aromatic carbocycles. The van der Waals surface area contributed by atoms with E-state index in [9.17, 15) is 9.59 Å². The van der Waals surface area contributed by atoms with Crippen LogP contribution in [-0.2, 0) is 5.41 Å². The van der Waals surface area contributed by atoms with Crippen LogP contribution in [0, 0.1) is 0 Å². The molecule has 0 N–H and O–H groups in total. The van der Waals surface area contributed by atoms with Crippen molar-refractivity contribution in [2.24, 2.45) is 0 Å². The van der Waals surface area contributed by atoms with Crippen molar-refractivity contribution in [3.8, 4) is 17.2 Å². The molecule has 0 saturated heterocycles. The molecule has 1 aliphatic rings. The Morgan fingerprint density at radius 3 is 2.24 bits per heavy atom. The lowest BCUT2D eigenvalue weighted by atomic mass is 9.87. The minimum Gasteiger partial charge on any atom is -0.494 e. The first-order valence-corrected chi connectivity index (χ1v) is 10.9. The molecule has 168 valence electrons. The number of allylic oxidation sites excluding steroid dienone is 1. The van der Waals surface area contributed by atoms with E-state index in [1.54, 1.807) is 36.4 Å². The highest BCUT2D eigenvalue weighted by atomic mass is 16.5. The van der Waals surface area contributed by atoms with E-state index in [0.29, 0.717) is 29.2 Å². The average Bonchev–Trinajstić information content (AvgIpc) is 3.09.